The standard InChI is InChI=1S/C17H16BrClO/c1-10-8-13-9-12(6-7-16(13)20-10)17(19)14-4-3-5-15(18)11(14)2/h3-7,9-10,17H,8H2,1-2H3. The average molecular weight is 352 g/mol. The fraction of sp³-hybridized carbons (Fsp3) is 0.294. The van der Waals surface area contributed by atoms with E-state index >= 15 is 0 Å². The first-order valence-corrected chi connectivity index (χ1v) is 7.98. The molecule has 3 rings (SSSR count). The van der Waals surface area contributed by atoms with Gasteiger partial charge in [-0.25, -0.2) is 0 Å². The Morgan fingerprint density at radius 3 is 2.90 bits per heavy atom. The van der Waals surface area contributed by atoms with Crippen molar-refractivity contribution in [2.45, 2.75) is 31.7 Å². The summed E-state index contributed by atoms with van der Waals surface area (Å²) in [5.41, 5.74) is 4.73. The largest absolute Gasteiger partial charge is 0.490 e. The summed E-state index contributed by atoms with van der Waals surface area (Å²) in [5.74, 6) is 0.996. The van der Waals surface area contributed by atoms with Gasteiger partial charge in [0, 0.05) is 10.9 Å². The van der Waals surface area contributed by atoms with Gasteiger partial charge in [-0.15, -0.1) is 11.6 Å². The summed E-state index contributed by atoms with van der Waals surface area (Å²) in [5, 5.41) is -0.131. The number of ether oxygens (including phenoxy) is 1. The number of rotatable bonds is 2. The Morgan fingerprint density at radius 1 is 1.30 bits per heavy atom. The molecule has 0 fully saturated rings. The van der Waals surface area contributed by atoms with E-state index in [0.29, 0.717) is 0 Å². The number of alkyl halides is 1. The molecule has 2 aromatic rings. The number of fused-ring (bicyclic) bond motifs is 1. The molecule has 1 aliphatic heterocycles. The Morgan fingerprint density at radius 2 is 2.10 bits per heavy atom. The van der Waals surface area contributed by atoms with Gasteiger partial charge in [-0.3, -0.25) is 0 Å². The van der Waals surface area contributed by atoms with Gasteiger partial charge in [-0.05, 0) is 48.2 Å². The predicted molar refractivity (Wildman–Crippen MR) is 86.8 cm³/mol. The minimum absolute atomic E-state index is 0.131. The molecule has 0 aromatic heterocycles. The highest BCUT2D eigenvalue weighted by Crippen LogP contribution is 2.37. The van der Waals surface area contributed by atoms with E-state index in [2.05, 4.69) is 48.0 Å². The zero-order valence-electron chi connectivity index (χ0n) is 11.5. The third-order valence-electron chi connectivity index (χ3n) is 3.80. The monoisotopic (exact) mass is 350 g/mol. The summed E-state index contributed by atoms with van der Waals surface area (Å²) in [6, 6.07) is 12.4. The van der Waals surface area contributed by atoms with Crippen LogP contribution in [0.5, 0.6) is 5.75 Å². The van der Waals surface area contributed by atoms with Crippen molar-refractivity contribution in [3.05, 3.63) is 63.1 Å². The van der Waals surface area contributed by atoms with Crippen LogP contribution in [0.25, 0.3) is 0 Å². The van der Waals surface area contributed by atoms with E-state index in [1.54, 1.807) is 0 Å². The molecule has 0 saturated carbocycles. The third-order valence-corrected chi connectivity index (χ3v) is 5.14. The first-order chi connectivity index (χ1) is 9.56. The first kappa shape index (κ1) is 14.0. The van der Waals surface area contributed by atoms with Crippen molar-refractivity contribution < 1.29 is 4.74 Å². The van der Waals surface area contributed by atoms with Crippen LogP contribution in [0, 0.1) is 6.92 Å². The van der Waals surface area contributed by atoms with Gasteiger partial charge in [0.15, 0.2) is 0 Å². The van der Waals surface area contributed by atoms with Crippen molar-refractivity contribution in [1.82, 2.24) is 0 Å². The lowest BCUT2D eigenvalue weighted by Crippen LogP contribution is -2.05. The van der Waals surface area contributed by atoms with Crippen molar-refractivity contribution in [3.8, 4) is 5.75 Å². The molecule has 1 aliphatic rings. The van der Waals surface area contributed by atoms with E-state index < -0.39 is 0 Å². The van der Waals surface area contributed by atoms with E-state index in [9.17, 15) is 0 Å². The zero-order valence-corrected chi connectivity index (χ0v) is 13.8. The van der Waals surface area contributed by atoms with E-state index in [4.69, 9.17) is 16.3 Å². The van der Waals surface area contributed by atoms with Crippen molar-refractivity contribution >= 4 is 27.5 Å². The minimum atomic E-state index is -0.131. The normalized spacial score (nSPS) is 18.5. The molecule has 1 nitrogen and oxygen atoms in total. The van der Waals surface area contributed by atoms with Gasteiger partial charge in [-0.1, -0.05) is 40.2 Å². The summed E-state index contributed by atoms with van der Waals surface area (Å²) in [6.45, 7) is 4.18. The average Bonchev–Trinajstić information content (AvgIpc) is 2.80. The lowest BCUT2D eigenvalue weighted by Gasteiger charge is -2.15. The number of hydrogen-bond donors (Lipinski definition) is 0. The maximum atomic E-state index is 6.69. The zero-order chi connectivity index (χ0) is 14.3. The highest BCUT2D eigenvalue weighted by atomic mass is 79.9. The van der Waals surface area contributed by atoms with Crippen LogP contribution >= 0.6 is 27.5 Å². The van der Waals surface area contributed by atoms with Crippen LogP contribution in [-0.4, -0.2) is 6.10 Å². The Labute approximate surface area is 133 Å². The molecule has 2 atom stereocenters. The molecule has 3 heteroatoms. The van der Waals surface area contributed by atoms with Crippen LogP contribution < -0.4 is 4.74 Å². The Kier molecular flexibility index (Phi) is 3.78. The molecule has 0 spiro atoms. The highest BCUT2D eigenvalue weighted by Gasteiger charge is 2.21. The topological polar surface area (TPSA) is 9.23 Å². The van der Waals surface area contributed by atoms with E-state index in [1.165, 1.54) is 11.1 Å². The van der Waals surface area contributed by atoms with E-state index in [-0.39, 0.29) is 11.5 Å². The molecule has 0 saturated heterocycles. The Hall–Kier alpha value is -0.990. The van der Waals surface area contributed by atoms with Gasteiger partial charge in [0.1, 0.15) is 11.9 Å². The molecular weight excluding hydrogens is 336 g/mol. The van der Waals surface area contributed by atoms with Gasteiger partial charge >= 0.3 is 0 Å². The van der Waals surface area contributed by atoms with Crippen LogP contribution in [0.2, 0.25) is 0 Å². The fourth-order valence-electron chi connectivity index (χ4n) is 2.68. The Balaban J connectivity index is 1.97. The second-order valence-corrected chi connectivity index (χ2v) is 6.61. The maximum Gasteiger partial charge on any atom is 0.123 e. The molecule has 2 unspecified atom stereocenters. The molecule has 104 valence electrons. The molecular formula is C17H16BrClO. The third kappa shape index (κ3) is 2.47. The van der Waals surface area contributed by atoms with Crippen LogP contribution in [0.3, 0.4) is 0 Å². The number of hydrogen-bond acceptors (Lipinski definition) is 1. The molecule has 0 radical (unpaired) electrons. The second-order valence-electron chi connectivity index (χ2n) is 5.32. The Bertz CT molecular complexity index is 653. The fourth-order valence-corrected chi connectivity index (χ4v) is 3.43. The van der Waals surface area contributed by atoms with Crippen molar-refractivity contribution in [2.75, 3.05) is 0 Å². The summed E-state index contributed by atoms with van der Waals surface area (Å²) in [6.07, 6.45) is 1.23. The first-order valence-electron chi connectivity index (χ1n) is 6.75. The maximum absolute atomic E-state index is 6.69. The second kappa shape index (κ2) is 5.42. The number of halogens is 2. The van der Waals surface area contributed by atoms with Gasteiger partial charge in [0.05, 0.1) is 5.38 Å². The molecule has 0 amide bonds. The highest BCUT2D eigenvalue weighted by molar-refractivity contribution is 9.10. The van der Waals surface area contributed by atoms with Crippen LogP contribution in [0.15, 0.2) is 40.9 Å². The van der Waals surface area contributed by atoms with E-state index in [1.807, 2.05) is 18.2 Å². The summed E-state index contributed by atoms with van der Waals surface area (Å²) in [4.78, 5) is 0. The lowest BCUT2D eigenvalue weighted by molar-refractivity contribution is 0.254. The summed E-state index contributed by atoms with van der Waals surface area (Å²) < 4.78 is 6.84. The van der Waals surface area contributed by atoms with Crippen molar-refractivity contribution in [2.24, 2.45) is 0 Å². The minimum Gasteiger partial charge on any atom is -0.490 e. The van der Waals surface area contributed by atoms with Gasteiger partial charge in [0.25, 0.3) is 0 Å². The van der Waals surface area contributed by atoms with Gasteiger partial charge in [-0.2, -0.15) is 0 Å². The van der Waals surface area contributed by atoms with Gasteiger partial charge < -0.3 is 4.74 Å². The predicted octanol–water partition coefficient (Wildman–Crippen LogP) is 5.41. The molecule has 1 heterocycles. The summed E-state index contributed by atoms with van der Waals surface area (Å²) >= 11 is 10.3. The SMILES string of the molecule is Cc1c(Br)cccc1C(Cl)c1ccc2c(c1)CC(C)O2. The molecule has 20 heavy (non-hydrogen) atoms. The van der Waals surface area contributed by atoms with Crippen molar-refractivity contribution in [1.29, 1.82) is 0 Å². The smallest absolute Gasteiger partial charge is 0.123 e. The molecule has 2 aromatic carbocycles. The molecule has 0 bridgehead atoms. The van der Waals surface area contributed by atoms with Crippen LogP contribution in [0.1, 0.15) is 34.6 Å². The quantitative estimate of drug-likeness (QED) is 0.657. The van der Waals surface area contributed by atoms with Crippen LogP contribution in [-0.2, 0) is 6.42 Å². The molecule has 0 N–H and O–H groups in total. The summed E-state index contributed by atoms with van der Waals surface area (Å²) in [7, 11) is 0. The van der Waals surface area contributed by atoms with E-state index in [0.717, 1.165) is 27.8 Å². The number of benzene rings is 2. The molecule has 0 aliphatic carbocycles. The lowest BCUT2D eigenvalue weighted by atomic mass is 9.98. The van der Waals surface area contributed by atoms with Crippen molar-refractivity contribution in [3.63, 3.8) is 0 Å². The van der Waals surface area contributed by atoms with Crippen LogP contribution in [0.4, 0.5) is 0 Å². The van der Waals surface area contributed by atoms with Gasteiger partial charge in [0.2, 0.25) is 0 Å².